The van der Waals surface area contributed by atoms with Crippen LogP contribution in [0.5, 0.6) is 0 Å². The second-order valence-electron chi connectivity index (χ2n) is 7.72. The van der Waals surface area contributed by atoms with Crippen molar-refractivity contribution in [2.75, 3.05) is 15.8 Å². The molecule has 2 N–H and O–H groups in total. The summed E-state index contributed by atoms with van der Waals surface area (Å²) in [5.74, 6) is -0.760. The minimum absolute atomic E-state index is 0.0607. The topological polar surface area (TPSA) is 93.1 Å². The molecule has 34 heavy (non-hydrogen) atoms. The van der Waals surface area contributed by atoms with E-state index in [0.717, 1.165) is 6.07 Å². The summed E-state index contributed by atoms with van der Waals surface area (Å²) in [7, 11) is -3.62. The van der Waals surface area contributed by atoms with Gasteiger partial charge in [0.05, 0.1) is 38.7 Å². The van der Waals surface area contributed by atoms with Gasteiger partial charge in [-0.25, -0.2) is 17.8 Å². The standard InChI is InChI=1S/C24H22ClFN4O3S/c1-3-13-34(32,33)29-20-10-9-17(26)23(22(20)25)28-18-11-12-19-21(15(18)2)24(31)30(14-27-19)16-7-5-4-6-8-16/h4-12,14,28-29H,3,13H2,1-2H3. The lowest BCUT2D eigenvalue weighted by molar-refractivity contribution is 0.599. The van der Waals surface area contributed by atoms with Crippen molar-refractivity contribution < 1.29 is 12.8 Å². The van der Waals surface area contributed by atoms with Crippen LogP contribution in [0, 0.1) is 12.7 Å². The average molecular weight is 501 g/mol. The maximum atomic E-state index is 14.7. The molecule has 4 rings (SSSR count). The molecular formula is C24H22ClFN4O3S. The van der Waals surface area contributed by atoms with Gasteiger partial charge in [-0.05, 0) is 55.3 Å². The Balaban J connectivity index is 1.78. The fraction of sp³-hybridized carbons (Fsp3) is 0.167. The summed E-state index contributed by atoms with van der Waals surface area (Å²) in [6.45, 7) is 3.46. The Morgan fingerprint density at radius 1 is 1.06 bits per heavy atom. The van der Waals surface area contributed by atoms with Gasteiger partial charge in [-0.2, -0.15) is 0 Å². The van der Waals surface area contributed by atoms with Crippen LogP contribution in [-0.4, -0.2) is 23.7 Å². The van der Waals surface area contributed by atoms with Gasteiger partial charge in [0.15, 0.2) is 0 Å². The molecule has 0 atom stereocenters. The molecule has 1 heterocycles. The number of para-hydroxylation sites is 1. The van der Waals surface area contributed by atoms with Crippen LogP contribution in [0.15, 0.2) is 65.7 Å². The third-order valence-corrected chi connectivity index (χ3v) is 7.18. The van der Waals surface area contributed by atoms with Crippen molar-refractivity contribution in [3.05, 3.63) is 87.7 Å². The fourth-order valence-corrected chi connectivity index (χ4v) is 5.09. The zero-order valence-electron chi connectivity index (χ0n) is 18.5. The first kappa shape index (κ1) is 23.7. The number of hydrogen-bond acceptors (Lipinski definition) is 5. The molecule has 0 fully saturated rings. The van der Waals surface area contributed by atoms with Gasteiger partial charge in [0.25, 0.3) is 5.56 Å². The number of nitrogens with zero attached hydrogens (tertiary/aromatic N) is 2. The van der Waals surface area contributed by atoms with Crippen molar-refractivity contribution in [1.29, 1.82) is 0 Å². The normalized spacial score (nSPS) is 11.5. The summed E-state index contributed by atoms with van der Waals surface area (Å²) in [5.41, 5.74) is 1.83. The summed E-state index contributed by atoms with van der Waals surface area (Å²) in [4.78, 5) is 17.7. The third-order valence-electron chi connectivity index (χ3n) is 5.31. The Bertz CT molecular complexity index is 1540. The molecular weight excluding hydrogens is 479 g/mol. The molecule has 0 saturated carbocycles. The van der Waals surface area contributed by atoms with Gasteiger partial charge in [-0.3, -0.25) is 14.1 Å². The number of rotatable bonds is 7. The number of aryl methyl sites for hydroxylation is 1. The van der Waals surface area contributed by atoms with Gasteiger partial charge in [0.1, 0.15) is 12.1 Å². The van der Waals surface area contributed by atoms with Crippen molar-refractivity contribution in [1.82, 2.24) is 9.55 Å². The SMILES string of the molecule is CCCS(=O)(=O)Nc1ccc(F)c(Nc2ccc3ncn(-c4ccccc4)c(=O)c3c2C)c1Cl. The summed E-state index contributed by atoms with van der Waals surface area (Å²) in [6.07, 6.45) is 1.89. The van der Waals surface area contributed by atoms with Crippen molar-refractivity contribution in [3.8, 4) is 5.69 Å². The van der Waals surface area contributed by atoms with Crippen molar-refractivity contribution in [2.24, 2.45) is 0 Å². The molecule has 3 aromatic carbocycles. The molecule has 0 aliphatic rings. The Kier molecular flexibility index (Phi) is 6.58. The number of fused-ring (bicyclic) bond motifs is 1. The monoisotopic (exact) mass is 500 g/mol. The van der Waals surface area contributed by atoms with E-state index in [9.17, 15) is 17.6 Å². The number of hydrogen-bond donors (Lipinski definition) is 2. The molecule has 10 heteroatoms. The number of benzene rings is 3. The van der Waals surface area contributed by atoms with Crippen LogP contribution in [0.3, 0.4) is 0 Å². The van der Waals surface area contributed by atoms with E-state index in [1.54, 1.807) is 38.1 Å². The first-order valence-electron chi connectivity index (χ1n) is 10.5. The van der Waals surface area contributed by atoms with Crippen LogP contribution in [-0.2, 0) is 10.0 Å². The van der Waals surface area contributed by atoms with Crippen LogP contribution >= 0.6 is 11.6 Å². The van der Waals surface area contributed by atoms with Crippen LogP contribution in [0.2, 0.25) is 5.02 Å². The van der Waals surface area contributed by atoms with Crippen molar-refractivity contribution in [2.45, 2.75) is 20.3 Å². The van der Waals surface area contributed by atoms with E-state index >= 15 is 0 Å². The molecule has 176 valence electrons. The fourth-order valence-electron chi connectivity index (χ4n) is 3.64. The van der Waals surface area contributed by atoms with E-state index in [-0.39, 0.29) is 27.7 Å². The molecule has 0 aliphatic heterocycles. The molecule has 7 nitrogen and oxygen atoms in total. The number of nitrogens with one attached hydrogen (secondary N) is 2. The van der Waals surface area contributed by atoms with E-state index in [2.05, 4.69) is 15.0 Å². The van der Waals surface area contributed by atoms with Gasteiger partial charge < -0.3 is 5.32 Å². The second kappa shape index (κ2) is 9.44. The van der Waals surface area contributed by atoms with Crippen molar-refractivity contribution in [3.63, 3.8) is 0 Å². The van der Waals surface area contributed by atoms with E-state index < -0.39 is 15.8 Å². The highest BCUT2D eigenvalue weighted by Gasteiger charge is 2.18. The summed E-state index contributed by atoms with van der Waals surface area (Å²) in [6, 6.07) is 14.8. The minimum Gasteiger partial charge on any atom is -0.352 e. The van der Waals surface area contributed by atoms with E-state index in [0.29, 0.717) is 34.3 Å². The van der Waals surface area contributed by atoms with Crippen molar-refractivity contribution >= 4 is 49.6 Å². The highest BCUT2D eigenvalue weighted by molar-refractivity contribution is 7.92. The Morgan fingerprint density at radius 2 is 1.76 bits per heavy atom. The summed E-state index contributed by atoms with van der Waals surface area (Å²) < 4.78 is 42.9. The predicted octanol–water partition coefficient (Wildman–Crippen LogP) is 5.38. The Morgan fingerprint density at radius 3 is 2.47 bits per heavy atom. The summed E-state index contributed by atoms with van der Waals surface area (Å²) >= 11 is 6.37. The molecule has 0 amide bonds. The molecule has 0 aliphatic carbocycles. The largest absolute Gasteiger partial charge is 0.352 e. The lowest BCUT2D eigenvalue weighted by atomic mass is 10.1. The van der Waals surface area contributed by atoms with E-state index in [1.165, 1.54) is 17.0 Å². The lowest BCUT2D eigenvalue weighted by Gasteiger charge is -2.17. The lowest BCUT2D eigenvalue weighted by Crippen LogP contribution is -2.20. The van der Waals surface area contributed by atoms with E-state index in [1.807, 2.05) is 18.2 Å². The first-order valence-corrected chi connectivity index (χ1v) is 12.6. The van der Waals surface area contributed by atoms with Gasteiger partial charge in [-0.15, -0.1) is 0 Å². The second-order valence-corrected chi connectivity index (χ2v) is 9.94. The molecule has 0 radical (unpaired) electrons. The zero-order chi connectivity index (χ0) is 24.5. The van der Waals surface area contributed by atoms with Crippen LogP contribution in [0.25, 0.3) is 16.6 Å². The molecule has 0 spiro atoms. The van der Waals surface area contributed by atoms with Crippen LogP contribution in [0.4, 0.5) is 21.5 Å². The maximum absolute atomic E-state index is 14.7. The summed E-state index contributed by atoms with van der Waals surface area (Å²) in [5, 5.41) is 3.18. The van der Waals surface area contributed by atoms with Gasteiger partial charge in [0.2, 0.25) is 10.0 Å². The van der Waals surface area contributed by atoms with Gasteiger partial charge >= 0.3 is 0 Å². The number of sulfonamides is 1. The number of halogens is 2. The Hall–Kier alpha value is -3.43. The molecule has 1 aromatic heterocycles. The predicted molar refractivity (Wildman–Crippen MR) is 134 cm³/mol. The zero-order valence-corrected chi connectivity index (χ0v) is 20.0. The third kappa shape index (κ3) is 4.62. The average Bonchev–Trinajstić information content (AvgIpc) is 2.80. The molecule has 0 bridgehead atoms. The van der Waals surface area contributed by atoms with Gasteiger partial charge in [0, 0.05) is 5.69 Å². The Labute approximate surface area is 201 Å². The number of anilines is 3. The number of aromatic nitrogens is 2. The molecule has 4 aromatic rings. The maximum Gasteiger partial charge on any atom is 0.266 e. The van der Waals surface area contributed by atoms with Crippen LogP contribution in [0.1, 0.15) is 18.9 Å². The van der Waals surface area contributed by atoms with Crippen LogP contribution < -0.4 is 15.6 Å². The highest BCUT2D eigenvalue weighted by atomic mass is 35.5. The molecule has 0 saturated heterocycles. The first-order chi connectivity index (χ1) is 16.2. The molecule has 0 unspecified atom stereocenters. The van der Waals surface area contributed by atoms with E-state index in [4.69, 9.17) is 11.6 Å². The quantitative estimate of drug-likeness (QED) is 0.355. The highest BCUT2D eigenvalue weighted by Crippen LogP contribution is 2.36. The minimum atomic E-state index is -3.62. The van der Waals surface area contributed by atoms with Gasteiger partial charge in [-0.1, -0.05) is 36.7 Å². The smallest absolute Gasteiger partial charge is 0.266 e.